The quantitative estimate of drug-likeness (QED) is 0.163. The summed E-state index contributed by atoms with van der Waals surface area (Å²) in [6, 6.07) is 79.1. The molecule has 0 atom stereocenters. The van der Waals surface area contributed by atoms with Crippen molar-refractivity contribution >= 4 is 119 Å². The molecule has 0 radical (unpaired) electrons. The normalized spacial score (nSPS) is 13.5. The van der Waals surface area contributed by atoms with Crippen LogP contribution in [-0.2, 0) is 32.5 Å². The zero-order chi connectivity index (χ0) is 67.0. The summed E-state index contributed by atoms with van der Waals surface area (Å²) in [6.45, 7) is 42.5. The smallest absolute Gasteiger partial charge is 0.109 e. The van der Waals surface area contributed by atoms with Gasteiger partial charge in [0.1, 0.15) is 4.83 Å². The molecular formula is C92H87N3S. The predicted molar refractivity (Wildman–Crippen MR) is 419 cm³/mol. The maximum atomic E-state index is 2.71. The monoisotopic (exact) mass is 1270 g/mol. The third kappa shape index (κ3) is 9.24. The Morgan fingerprint density at radius 3 is 1.11 bits per heavy atom. The highest BCUT2D eigenvalue weighted by molar-refractivity contribution is 7.25. The molecule has 0 saturated carbocycles. The van der Waals surface area contributed by atoms with Crippen molar-refractivity contribution in [2.45, 2.75) is 157 Å². The van der Waals surface area contributed by atoms with Gasteiger partial charge < -0.3 is 8.97 Å². The second-order valence-electron chi connectivity index (χ2n) is 34.4. The predicted octanol–water partition coefficient (Wildman–Crippen LogP) is 26.8. The summed E-state index contributed by atoms with van der Waals surface area (Å²) in [5.41, 5.74) is 27.5. The zero-order valence-corrected chi connectivity index (χ0v) is 60.1. The van der Waals surface area contributed by atoms with E-state index in [1.165, 1.54) is 185 Å². The molecule has 0 spiro atoms. The summed E-state index contributed by atoms with van der Waals surface area (Å²) in [5, 5.41) is 14.1. The van der Waals surface area contributed by atoms with E-state index in [4.69, 9.17) is 0 Å². The molecule has 476 valence electrons. The van der Waals surface area contributed by atoms with Gasteiger partial charge in [0.25, 0.3) is 0 Å². The van der Waals surface area contributed by atoms with Crippen molar-refractivity contribution in [1.82, 2.24) is 13.4 Å². The molecule has 11 aromatic carbocycles. The Bertz CT molecular complexity index is 6010. The fourth-order valence-electron chi connectivity index (χ4n) is 15.8. The van der Waals surface area contributed by atoms with E-state index >= 15 is 0 Å². The van der Waals surface area contributed by atoms with Gasteiger partial charge in [-0.25, -0.2) is 0 Å². The lowest BCUT2D eigenvalue weighted by molar-refractivity contribution is 0.568. The van der Waals surface area contributed by atoms with Gasteiger partial charge in [0.05, 0.1) is 38.6 Å². The van der Waals surface area contributed by atoms with Crippen molar-refractivity contribution in [1.29, 1.82) is 0 Å². The number of hydrogen-bond acceptors (Lipinski definition) is 1. The van der Waals surface area contributed by atoms with Crippen LogP contribution in [-0.4, -0.2) is 13.4 Å². The summed E-state index contributed by atoms with van der Waals surface area (Å²) in [5.74, 6) is 0. The van der Waals surface area contributed by atoms with Crippen LogP contribution in [0, 0.1) is 0 Å². The first-order chi connectivity index (χ1) is 45.3. The molecule has 0 amide bonds. The lowest BCUT2D eigenvalue weighted by Gasteiger charge is -2.26. The maximum absolute atomic E-state index is 2.71. The minimum atomic E-state index is -0.0698. The summed E-state index contributed by atoms with van der Waals surface area (Å²) in [4.78, 5) is 1.31. The van der Waals surface area contributed by atoms with Gasteiger partial charge in [-0.3, -0.25) is 4.40 Å². The first kappa shape index (κ1) is 60.4. The number of hydrogen-bond donors (Lipinski definition) is 0. The van der Waals surface area contributed by atoms with E-state index < -0.39 is 0 Å². The van der Waals surface area contributed by atoms with E-state index in [-0.39, 0.29) is 32.5 Å². The lowest BCUT2D eigenvalue weighted by Crippen LogP contribution is -2.16. The van der Waals surface area contributed by atoms with Gasteiger partial charge in [-0.15, -0.1) is 11.3 Å². The van der Waals surface area contributed by atoms with Gasteiger partial charge in [0.15, 0.2) is 0 Å². The molecule has 96 heavy (non-hydrogen) atoms. The highest BCUT2D eigenvalue weighted by Gasteiger charge is 2.31. The van der Waals surface area contributed by atoms with Gasteiger partial charge in [-0.05, 0) is 190 Å². The summed E-state index contributed by atoms with van der Waals surface area (Å²) >= 11 is 1.93. The maximum Gasteiger partial charge on any atom is 0.109 e. The first-order valence-corrected chi connectivity index (χ1v) is 35.6. The van der Waals surface area contributed by atoms with Crippen LogP contribution in [0.3, 0.4) is 0 Å². The van der Waals surface area contributed by atoms with E-state index in [0.29, 0.717) is 0 Å². The van der Waals surface area contributed by atoms with Crippen molar-refractivity contribution in [2.24, 2.45) is 0 Å². The molecule has 0 aliphatic rings. The van der Waals surface area contributed by atoms with E-state index in [1.54, 1.807) is 0 Å². The second kappa shape index (κ2) is 20.2. The first-order valence-electron chi connectivity index (χ1n) is 34.8. The molecule has 0 aliphatic carbocycles. The summed E-state index contributed by atoms with van der Waals surface area (Å²) in [7, 11) is 0. The van der Waals surface area contributed by atoms with Gasteiger partial charge in [-0.1, -0.05) is 240 Å². The third-order valence-corrected chi connectivity index (χ3v) is 22.7. The van der Waals surface area contributed by atoms with Crippen LogP contribution in [0.4, 0.5) is 0 Å². The van der Waals surface area contributed by atoms with Crippen LogP contribution in [0.1, 0.15) is 158 Å². The lowest BCUT2D eigenvalue weighted by atomic mass is 9.78. The molecule has 17 rings (SSSR count). The molecule has 0 aliphatic heterocycles. The van der Waals surface area contributed by atoms with Gasteiger partial charge >= 0.3 is 0 Å². The highest BCUT2D eigenvalue weighted by Crippen LogP contribution is 2.53. The van der Waals surface area contributed by atoms with Crippen LogP contribution in [0.25, 0.3) is 158 Å². The molecule has 0 saturated heterocycles. The number of para-hydroxylation sites is 2. The Morgan fingerprint density at radius 2 is 0.615 bits per heavy atom. The molecule has 3 nitrogen and oxygen atoms in total. The van der Waals surface area contributed by atoms with Gasteiger partial charge in [0, 0.05) is 75.2 Å². The van der Waals surface area contributed by atoms with Gasteiger partial charge in [-0.2, -0.15) is 0 Å². The summed E-state index contributed by atoms with van der Waals surface area (Å²) < 4.78 is 9.13. The van der Waals surface area contributed by atoms with Crippen LogP contribution in [0.5, 0.6) is 0 Å². The van der Waals surface area contributed by atoms with Crippen LogP contribution in [0.15, 0.2) is 200 Å². The van der Waals surface area contributed by atoms with Crippen molar-refractivity contribution in [3.63, 3.8) is 0 Å². The molecular weight excluding hydrogens is 1180 g/mol. The topological polar surface area (TPSA) is 13.8 Å². The average Bonchev–Trinajstić information content (AvgIpc) is 1.51. The Kier molecular flexibility index (Phi) is 12.7. The fourth-order valence-corrected chi connectivity index (χ4v) is 17.1. The Morgan fingerprint density at radius 1 is 0.250 bits per heavy atom. The second-order valence-corrected chi connectivity index (χ2v) is 35.4. The van der Waals surface area contributed by atoms with Crippen molar-refractivity contribution < 1.29 is 0 Å². The molecule has 0 bridgehead atoms. The zero-order valence-electron chi connectivity index (χ0n) is 59.3. The van der Waals surface area contributed by atoms with Crippen LogP contribution >= 0.6 is 11.3 Å². The number of aromatic nitrogens is 3. The molecule has 0 N–H and O–H groups in total. The molecule has 17 aromatic rings. The highest BCUT2D eigenvalue weighted by atomic mass is 32.1. The number of fused-ring (bicyclic) bond motifs is 17. The number of thiophene rings is 1. The van der Waals surface area contributed by atoms with Crippen molar-refractivity contribution in [3.05, 3.63) is 234 Å². The van der Waals surface area contributed by atoms with Crippen molar-refractivity contribution in [2.75, 3.05) is 0 Å². The fraction of sp³-hybridized carbons (Fsp3) is 0.261. The van der Waals surface area contributed by atoms with Crippen LogP contribution < -0.4 is 0 Å². The van der Waals surface area contributed by atoms with Gasteiger partial charge in [0.2, 0.25) is 0 Å². The average molecular weight is 1270 g/mol. The largest absolute Gasteiger partial charge is 0.309 e. The molecule has 4 heteroatoms. The Labute approximate surface area is 569 Å². The number of nitrogens with zero attached hydrogens (tertiary/aromatic N) is 3. The molecule has 6 aromatic heterocycles. The van der Waals surface area contributed by atoms with Crippen molar-refractivity contribution in [3.8, 4) is 50.2 Å². The SMILES string of the molecule is CC(C)(C)c1cc(-c2cc(-c3ccc4c(c3)c3ccccc3n4-c3ccccc3)c3c(c2)c2cc(-c4cc(C(C)(C)C)cc(C(C)(C)C)c4)cc4c5cc6c(cc5n3c42)c2cc(-c3cc(C(C)(C)C)cc(C(C)(C)C)c3)cc3c4c5ccccc5sc4n6c23)cc(C(C)(C)C)c1. The molecule has 0 unspecified atom stereocenters. The van der Waals surface area contributed by atoms with E-state index in [0.717, 1.165) is 5.69 Å². The van der Waals surface area contributed by atoms with E-state index in [1.807, 2.05) is 11.3 Å². The summed E-state index contributed by atoms with van der Waals surface area (Å²) in [6.07, 6.45) is 0. The minimum Gasteiger partial charge on any atom is -0.309 e. The number of rotatable bonds is 5. The van der Waals surface area contributed by atoms with Crippen LogP contribution in [0.2, 0.25) is 0 Å². The Balaban J connectivity index is 1.06. The number of benzene rings is 11. The Hall–Kier alpha value is -9.22. The van der Waals surface area contributed by atoms with E-state index in [9.17, 15) is 0 Å². The third-order valence-electron chi connectivity index (χ3n) is 21.5. The molecule has 0 fully saturated rings. The minimum absolute atomic E-state index is 0.0353. The molecule has 6 heterocycles. The van der Waals surface area contributed by atoms with E-state index in [2.05, 4.69) is 338 Å². The standard InChI is InChI=1S/C92H87N3S/c1-87(2,3)59-34-53(35-60(47-59)88(4,5)6)56-41-68(52-32-33-78-69(40-52)66-28-22-24-30-77(66)93(78)65-26-20-19-21-27-65)83-74(44-56)75-45-57(54-36-61(89(7,8)9)48-62(37-54)90(10,11)12)42-72-70-51-80-71(50-79(70)94(83)84(72)75)73-43-58(55-38-63(91(13,14)15)49-64(39-55)92(16,17)18)46-76-82-67-29-23-25-31-81(67)96-86(82)95(80)85(73)76/h19-51H,1-18H3.